The van der Waals surface area contributed by atoms with Crippen molar-refractivity contribution in [2.24, 2.45) is 0 Å². The number of rotatable bonds is 1. The Morgan fingerprint density at radius 2 is 1.92 bits per heavy atom. The van der Waals surface area contributed by atoms with Crippen molar-refractivity contribution in [3.8, 4) is 0 Å². The Kier molecular flexibility index (Phi) is 5.40. The van der Waals surface area contributed by atoms with Crippen LogP contribution in [0.5, 0.6) is 0 Å². The van der Waals surface area contributed by atoms with Gasteiger partial charge in [0.2, 0.25) is 0 Å². The van der Waals surface area contributed by atoms with Crippen LogP contribution in [0.4, 0.5) is 8.78 Å². The lowest BCUT2D eigenvalue weighted by atomic mass is 10.0. The van der Waals surface area contributed by atoms with Crippen LogP contribution in [0, 0.1) is 0 Å². The highest BCUT2D eigenvalue weighted by molar-refractivity contribution is 4.85. The van der Waals surface area contributed by atoms with Crippen LogP contribution in [-0.4, -0.2) is 44.2 Å². The van der Waals surface area contributed by atoms with Crippen LogP contribution in [-0.2, 0) is 4.74 Å². The summed E-state index contributed by atoms with van der Waals surface area (Å²) in [6.45, 7) is 4.50. The average molecular weight is 195 g/mol. The summed E-state index contributed by atoms with van der Waals surface area (Å²) in [5.74, 6) is -2.68. The molecular weight excluding hydrogens is 176 g/mol. The van der Waals surface area contributed by atoms with Crippen molar-refractivity contribution < 1.29 is 13.5 Å². The van der Waals surface area contributed by atoms with E-state index in [9.17, 15) is 8.78 Å². The molecule has 1 atom stereocenters. The van der Waals surface area contributed by atoms with Crippen molar-refractivity contribution in [3.05, 3.63) is 0 Å². The highest BCUT2D eigenvalue weighted by atomic mass is 19.3. The number of hydrogen-bond acceptors (Lipinski definition) is 2. The van der Waals surface area contributed by atoms with E-state index in [0.29, 0.717) is 13.0 Å². The monoisotopic (exact) mass is 195 g/mol. The van der Waals surface area contributed by atoms with E-state index in [4.69, 9.17) is 0 Å². The first-order chi connectivity index (χ1) is 6.06. The first-order valence-electron chi connectivity index (χ1n) is 4.65. The Balaban J connectivity index is 0.000000671. The van der Waals surface area contributed by atoms with Crippen molar-refractivity contribution in [1.29, 1.82) is 0 Å². The fraction of sp³-hybridized carbons (Fsp3) is 1.00. The predicted octanol–water partition coefficient (Wildman–Crippen LogP) is 2.00. The number of likely N-dealkylation sites (tertiary alicyclic amines) is 1. The van der Waals surface area contributed by atoms with Crippen molar-refractivity contribution >= 4 is 0 Å². The minimum Gasteiger partial charge on any atom is -0.375 e. The maximum atomic E-state index is 13.0. The summed E-state index contributed by atoms with van der Waals surface area (Å²) in [6, 6.07) is 0. The molecule has 80 valence electrons. The van der Waals surface area contributed by atoms with Crippen molar-refractivity contribution in [2.45, 2.75) is 32.3 Å². The second-order valence-electron chi connectivity index (χ2n) is 3.01. The number of nitrogens with zero attached hydrogens (tertiary/aromatic N) is 1. The fourth-order valence-corrected chi connectivity index (χ4v) is 1.38. The molecule has 13 heavy (non-hydrogen) atoms. The van der Waals surface area contributed by atoms with Crippen LogP contribution >= 0.6 is 0 Å². The van der Waals surface area contributed by atoms with Crippen LogP contribution in [0.3, 0.4) is 0 Å². The maximum Gasteiger partial charge on any atom is 0.286 e. The number of alkyl halides is 2. The predicted molar refractivity (Wildman–Crippen MR) is 49.2 cm³/mol. The van der Waals surface area contributed by atoms with Gasteiger partial charge in [0.05, 0.1) is 6.54 Å². The van der Waals surface area contributed by atoms with Gasteiger partial charge in [0, 0.05) is 13.7 Å². The molecule has 0 aliphatic carbocycles. The lowest BCUT2D eigenvalue weighted by Crippen LogP contribution is -2.50. The molecule has 1 unspecified atom stereocenters. The number of piperidine rings is 1. The number of hydrogen-bond donors (Lipinski definition) is 0. The molecule has 0 amide bonds. The summed E-state index contributed by atoms with van der Waals surface area (Å²) in [5.41, 5.74) is 0. The molecule has 0 N–H and O–H groups in total. The summed E-state index contributed by atoms with van der Waals surface area (Å²) >= 11 is 0. The van der Waals surface area contributed by atoms with E-state index in [2.05, 4.69) is 4.74 Å². The molecule has 0 aromatic heterocycles. The van der Waals surface area contributed by atoms with Crippen molar-refractivity contribution in [3.63, 3.8) is 0 Å². The molecule has 0 radical (unpaired) electrons. The smallest absolute Gasteiger partial charge is 0.286 e. The minimum atomic E-state index is -2.68. The van der Waals surface area contributed by atoms with Crippen molar-refractivity contribution in [1.82, 2.24) is 4.90 Å². The van der Waals surface area contributed by atoms with Crippen LogP contribution in [0.1, 0.15) is 20.3 Å². The summed E-state index contributed by atoms with van der Waals surface area (Å²) < 4.78 is 30.6. The molecular formula is C9H19F2NO. The third-order valence-corrected chi connectivity index (χ3v) is 2.01. The highest BCUT2D eigenvalue weighted by Gasteiger charge is 2.43. The second kappa shape index (κ2) is 5.50. The van der Waals surface area contributed by atoms with Gasteiger partial charge in [-0.3, -0.25) is 0 Å². The minimum absolute atomic E-state index is 0.189. The molecule has 4 heteroatoms. The molecule has 0 bridgehead atoms. The van der Waals surface area contributed by atoms with Gasteiger partial charge in [0.15, 0.2) is 0 Å². The molecule has 2 nitrogen and oxygen atoms in total. The standard InChI is InChI=1S/C7H13F2NO.C2H6/c1-10-4-3-6(11-2)7(8,9)5-10;1-2/h6H,3-5H2,1-2H3;1-2H3. The third-order valence-electron chi connectivity index (χ3n) is 2.01. The van der Waals surface area contributed by atoms with Crippen LogP contribution in [0.15, 0.2) is 0 Å². The molecule has 1 rings (SSSR count). The first kappa shape index (κ1) is 12.8. The average Bonchev–Trinajstić information content (AvgIpc) is 2.06. The van der Waals surface area contributed by atoms with Gasteiger partial charge in [-0.2, -0.15) is 0 Å². The van der Waals surface area contributed by atoms with Gasteiger partial charge in [-0.15, -0.1) is 0 Å². The molecule has 0 aromatic carbocycles. The van der Waals surface area contributed by atoms with Crippen LogP contribution in [0.25, 0.3) is 0 Å². The molecule has 0 spiro atoms. The van der Waals surface area contributed by atoms with E-state index < -0.39 is 12.0 Å². The molecule has 0 saturated carbocycles. The largest absolute Gasteiger partial charge is 0.375 e. The zero-order valence-electron chi connectivity index (χ0n) is 8.81. The molecule has 1 heterocycles. The normalized spacial score (nSPS) is 27.7. The molecule has 1 saturated heterocycles. The molecule has 1 fully saturated rings. The molecule has 0 aromatic rings. The number of halogens is 2. The van der Waals surface area contributed by atoms with E-state index >= 15 is 0 Å². The zero-order chi connectivity index (χ0) is 10.5. The van der Waals surface area contributed by atoms with E-state index in [1.54, 1.807) is 11.9 Å². The Hall–Kier alpha value is -0.220. The lowest BCUT2D eigenvalue weighted by molar-refractivity contribution is -0.158. The van der Waals surface area contributed by atoms with Gasteiger partial charge in [-0.25, -0.2) is 8.78 Å². The van der Waals surface area contributed by atoms with Gasteiger partial charge < -0.3 is 9.64 Å². The Bertz CT molecular complexity index is 142. The van der Waals surface area contributed by atoms with E-state index in [0.717, 1.165) is 0 Å². The van der Waals surface area contributed by atoms with Gasteiger partial charge in [-0.05, 0) is 13.5 Å². The first-order valence-corrected chi connectivity index (χ1v) is 4.65. The Morgan fingerprint density at radius 3 is 2.31 bits per heavy atom. The van der Waals surface area contributed by atoms with Crippen molar-refractivity contribution in [2.75, 3.05) is 27.2 Å². The topological polar surface area (TPSA) is 12.5 Å². The van der Waals surface area contributed by atoms with Crippen LogP contribution in [0.2, 0.25) is 0 Å². The van der Waals surface area contributed by atoms with E-state index in [1.165, 1.54) is 7.11 Å². The number of methoxy groups -OCH3 is 1. The van der Waals surface area contributed by atoms with Crippen LogP contribution < -0.4 is 0 Å². The quantitative estimate of drug-likeness (QED) is 0.634. The van der Waals surface area contributed by atoms with E-state index in [-0.39, 0.29) is 6.54 Å². The summed E-state index contributed by atoms with van der Waals surface area (Å²) in [5, 5.41) is 0. The fourth-order valence-electron chi connectivity index (χ4n) is 1.38. The third kappa shape index (κ3) is 3.56. The van der Waals surface area contributed by atoms with E-state index in [1.807, 2.05) is 13.8 Å². The number of ether oxygens (including phenoxy) is 1. The summed E-state index contributed by atoms with van der Waals surface area (Å²) in [4.78, 5) is 1.62. The lowest BCUT2D eigenvalue weighted by Gasteiger charge is -2.35. The molecule has 1 aliphatic heterocycles. The summed E-state index contributed by atoms with van der Waals surface area (Å²) in [6.07, 6.45) is -0.473. The second-order valence-corrected chi connectivity index (χ2v) is 3.01. The Morgan fingerprint density at radius 1 is 1.38 bits per heavy atom. The zero-order valence-corrected chi connectivity index (χ0v) is 8.81. The van der Waals surface area contributed by atoms with Gasteiger partial charge in [0.1, 0.15) is 6.10 Å². The van der Waals surface area contributed by atoms with Gasteiger partial charge in [0.25, 0.3) is 5.92 Å². The SMILES string of the molecule is CC.COC1CCN(C)CC1(F)F. The highest BCUT2D eigenvalue weighted by Crippen LogP contribution is 2.28. The van der Waals surface area contributed by atoms with Gasteiger partial charge >= 0.3 is 0 Å². The summed E-state index contributed by atoms with van der Waals surface area (Å²) in [7, 11) is 3.03. The van der Waals surface area contributed by atoms with Gasteiger partial charge in [-0.1, -0.05) is 13.8 Å². The maximum absolute atomic E-state index is 13.0. The Labute approximate surface area is 78.9 Å². The molecule has 1 aliphatic rings.